The minimum Gasteiger partial charge on any atom is -0.465 e. The molecular formula is C12H15NO4S. The van der Waals surface area contributed by atoms with E-state index in [9.17, 15) is 13.2 Å². The number of hydrogen-bond acceptors (Lipinski definition) is 3. The highest BCUT2D eigenvalue weighted by Gasteiger charge is 2.37. The van der Waals surface area contributed by atoms with Gasteiger partial charge in [0, 0.05) is 6.54 Å². The normalized spacial score (nSPS) is 20.7. The van der Waals surface area contributed by atoms with Crippen LogP contribution in [0, 0.1) is 0 Å². The fourth-order valence-electron chi connectivity index (χ4n) is 2.21. The van der Waals surface area contributed by atoms with E-state index < -0.39 is 21.3 Å². The smallest absolute Gasteiger partial charge is 0.408 e. The molecule has 1 aromatic carbocycles. The number of hydrogen-bond donors (Lipinski definition) is 1. The standard InChI is InChI=1S/C12H15NO4S/c14-12(15)13-9-5-4-8-11(13)18(16,17)10-6-2-1-3-7-10/h1-3,6-7,11H,4-5,8-9H2,(H,14,15). The Morgan fingerprint density at radius 2 is 1.89 bits per heavy atom. The first-order valence-corrected chi connectivity index (χ1v) is 7.36. The predicted octanol–water partition coefficient (Wildman–Crippen LogP) is 1.95. The van der Waals surface area contributed by atoms with Crippen LogP contribution in [-0.2, 0) is 9.84 Å². The Balaban J connectivity index is 2.36. The van der Waals surface area contributed by atoms with Gasteiger partial charge >= 0.3 is 6.09 Å². The summed E-state index contributed by atoms with van der Waals surface area (Å²) in [7, 11) is -3.61. The van der Waals surface area contributed by atoms with Crippen LogP contribution in [0.5, 0.6) is 0 Å². The summed E-state index contributed by atoms with van der Waals surface area (Å²) < 4.78 is 24.8. The van der Waals surface area contributed by atoms with E-state index in [1.54, 1.807) is 18.2 Å². The molecular weight excluding hydrogens is 254 g/mol. The number of carboxylic acid groups (broad SMARTS) is 1. The molecule has 1 N–H and O–H groups in total. The van der Waals surface area contributed by atoms with Crippen molar-refractivity contribution in [3.63, 3.8) is 0 Å². The Labute approximate surface area is 106 Å². The van der Waals surface area contributed by atoms with Gasteiger partial charge in [0.15, 0.2) is 9.84 Å². The van der Waals surface area contributed by atoms with Gasteiger partial charge in [0.05, 0.1) is 4.90 Å². The van der Waals surface area contributed by atoms with Gasteiger partial charge in [0.2, 0.25) is 0 Å². The van der Waals surface area contributed by atoms with Crippen LogP contribution in [0.15, 0.2) is 35.2 Å². The maximum Gasteiger partial charge on any atom is 0.408 e. The Kier molecular flexibility index (Phi) is 3.56. The van der Waals surface area contributed by atoms with Crippen molar-refractivity contribution in [3.05, 3.63) is 30.3 Å². The van der Waals surface area contributed by atoms with Crippen LogP contribution < -0.4 is 0 Å². The molecule has 1 aliphatic heterocycles. The third-order valence-corrected chi connectivity index (χ3v) is 5.26. The number of likely N-dealkylation sites (tertiary alicyclic amines) is 1. The van der Waals surface area contributed by atoms with Gasteiger partial charge in [-0.15, -0.1) is 0 Å². The van der Waals surface area contributed by atoms with Gasteiger partial charge in [-0.25, -0.2) is 13.2 Å². The van der Waals surface area contributed by atoms with Gasteiger partial charge in [0.25, 0.3) is 0 Å². The topological polar surface area (TPSA) is 74.7 Å². The second kappa shape index (κ2) is 4.97. The van der Waals surface area contributed by atoms with Crippen LogP contribution in [0.2, 0.25) is 0 Å². The lowest BCUT2D eigenvalue weighted by atomic mass is 10.1. The lowest BCUT2D eigenvalue weighted by Gasteiger charge is -2.32. The molecule has 0 radical (unpaired) electrons. The number of carbonyl (C=O) groups is 1. The Morgan fingerprint density at radius 1 is 1.22 bits per heavy atom. The molecule has 1 heterocycles. The first kappa shape index (κ1) is 12.9. The van der Waals surface area contributed by atoms with E-state index in [-0.39, 0.29) is 11.4 Å². The van der Waals surface area contributed by atoms with E-state index in [0.717, 1.165) is 11.3 Å². The zero-order valence-corrected chi connectivity index (χ0v) is 10.6. The van der Waals surface area contributed by atoms with Crippen LogP contribution in [0.1, 0.15) is 19.3 Å². The largest absolute Gasteiger partial charge is 0.465 e. The highest BCUT2D eigenvalue weighted by atomic mass is 32.2. The fraction of sp³-hybridized carbons (Fsp3) is 0.417. The zero-order valence-electron chi connectivity index (χ0n) is 9.82. The maximum atomic E-state index is 12.4. The monoisotopic (exact) mass is 269 g/mol. The van der Waals surface area contributed by atoms with Crippen molar-refractivity contribution in [2.24, 2.45) is 0 Å². The fourth-order valence-corrected chi connectivity index (χ4v) is 4.07. The third kappa shape index (κ3) is 2.33. The summed E-state index contributed by atoms with van der Waals surface area (Å²) in [4.78, 5) is 12.3. The number of rotatable bonds is 2. The van der Waals surface area contributed by atoms with Crippen LogP contribution >= 0.6 is 0 Å². The van der Waals surface area contributed by atoms with Crippen LogP contribution in [0.3, 0.4) is 0 Å². The summed E-state index contributed by atoms with van der Waals surface area (Å²) in [5.74, 6) is 0. The number of nitrogens with zero attached hydrogens (tertiary/aromatic N) is 1. The van der Waals surface area contributed by atoms with E-state index in [0.29, 0.717) is 12.8 Å². The van der Waals surface area contributed by atoms with Crippen molar-refractivity contribution in [2.45, 2.75) is 29.5 Å². The second-order valence-corrected chi connectivity index (χ2v) is 6.39. The number of piperidine rings is 1. The molecule has 6 heteroatoms. The molecule has 1 aliphatic rings. The molecule has 1 aromatic rings. The van der Waals surface area contributed by atoms with Gasteiger partial charge in [-0.3, -0.25) is 4.90 Å². The number of sulfone groups is 1. The van der Waals surface area contributed by atoms with E-state index in [4.69, 9.17) is 5.11 Å². The highest BCUT2D eigenvalue weighted by molar-refractivity contribution is 7.92. The number of benzene rings is 1. The lowest BCUT2D eigenvalue weighted by molar-refractivity contribution is 0.126. The van der Waals surface area contributed by atoms with Crippen molar-refractivity contribution < 1.29 is 18.3 Å². The van der Waals surface area contributed by atoms with Crippen LogP contribution in [0.4, 0.5) is 4.79 Å². The van der Waals surface area contributed by atoms with Gasteiger partial charge in [0.1, 0.15) is 5.37 Å². The molecule has 1 unspecified atom stereocenters. The molecule has 0 saturated carbocycles. The molecule has 1 atom stereocenters. The van der Waals surface area contributed by atoms with Crippen molar-refractivity contribution in [3.8, 4) is 0 Å². The summed E-state index contributed by atoms with van der Waals surface area (Å²) in [6.07, 6.45) is 0.649. The van der Waals surface area contributed by atoms with Crippen LogP contribution in [-0.4, -0.2) is 36.4 Å². The Morgan fingerprint density at radius 3 is 2.50 bits per heavy atom. The molecule has 1 fully saturated rings. The predicted molar refractivity (Wildman–Crippen MR) is 66.0 cm³/mol. The summed E-state index contributed by atoms with van der Waals surface area (Å²) >= 11 is 0. The summed E-state index contributed by atoms with van der Waals surface area (Å²) in [5.41, 5.74) is 0. The average molecular weight is 269 g/mol. The van der Waals surface area contributed by atoms with Gasteiger partial charge in [-0.2, -0.15) is 0 Å². The molecule has 0 aliphatic carbocycles. The van der Waals surface area contributed by atoms with Crippen molar-refractivity contribution in [1.82, 2.24) is 4.90 Å². The summed E-state index contributed by atoms with van der Waals surface area (Å²) in [5, 5.41) is 8.13. The van der Waals surface area contributed by atoms with E-state index in [2.05, 4.69) is 0 Å². The van der Waals surface area contributed by atoms with Crippen molar-refractivity contribution >= 4 is 15.9 Å². The van der Waals surface area contributed by atoms with Crippen molar-refractivity contribution in [2.75, 3.05) is 6.54 Å². The molecule has 1 amide bonds. The summed E-state index contributed by atoms with van der Waals surface area (Å²) in [6.45, 7) is 0.284. The molecule has 0 bridgehead atoms. The molecule has 18 heavy (non-hydrogen) atoms. The van der Waals surface area contributed by atoms with E-state index in [1.165, 1.54) is 12.1 Å². The van der Waals surface area contributed by atoms with Gasteiger partial charge in [-0.05, 0) is 31.4 Å². The zero-order chi connectivity index (χ0) is 13.2. The SMILES string of the molecule is O=C(O)N1CCCCC1S(=O)(=O)c1ccccc1. The number of amides is 1. The van der Waals surface area contributed by atoms with Gasteiger partial charge < -0.3 is 5.11 Å². The van der Waals surface area contributed by atoms with E-state index >= 15 is 0 Å². The van der Waals surface area contributed by atoms with Gasteiger partial charge in [-0.1, -0.05) is 18.2 Å². The quantitative estimate of drug-likeness (QED) is 0.890. The molecule has 2 rings (SSSR count). The third-order valence-electron chi connectivity index (χ3n) is 3.12. The summed E-state index contributed by atoms with van der Waals surface area (Å²) in [6, 6.07) is 8.02. The van der Waals surface area contributed by atoms with Crippen molar-refractivity contribution in [1.29, 1.82) is 0 Å². The lowest BCUT2D eigenvalue weighted by Crippen LogP contribution is -2.47. The van der Waals surface area contributed by atoms with E-state index in [1.807, 2.05) is 0 Å². The molecule has 1 saturated heterocycles. The molecule has 98 valence electrons. The first-order valence-electron chi connectivity index (χ1n) is 5.82. The molecule has 0 aromatic heterocycles. The average Bonchev–Trinajstić information content (AvgIpc) is 2.39. The minimum absolute atomic E-state index is 0.183. The molecule has 5 nitrogen and oxygen atoms in total. The van der Waals surface area contributed by atoms with Crippen LogP contribution in [0.25, 0.3) is 0 Å². The first-order chi connectivity index (χ1) is 8.53. The highest BCUT2D eigenvalue weighted by Crippen LogP contribution is 2.26. The Hall–Kier alpha value is -1.56. The Bertz CT molecular complexity index is 526. The minimum atomic E-state index is -3.61. The second-order valence-electron chi connectivity index (χ2n) is 4.28. The molecule has 0 spiro atoms. The maximum absolute atomic E-state index is 12.4.